The lowest BCUT2D eigenvalue weighted by Crippen LogP contribution is -2.49. The molecule has 7 nitrogen and oxygen atoms in total. The minimum absolute atomic E-state index is 0.105. The minimum Gasteiger partial charge on any atom is -0.508 e. The molecule has 1 fully saturated rings. The molecule has 1 aliphatic rings. The number of nitrogens with zero attached hydrogens (tertiary/aromatic N) is 1. The summed E-state index contributed by atoms with van der Waals surface area (Å²) in [5.74, 6) is -0.153. The van der Waals surface area contributed by atoms with Crippen LogP contribution in [0.4, 0.5) is 4.79 Å². The summed E-state index contributed by atoms with van der Waals surface area (Å²) in [6.07, 6.45) is -0.673. The van der Waals surface area contributed by atoms with Crippen LogP contribution in [0.1, 0.15) is 15.9 Å². The van der Waals surface area contributed by atoms with Crippen LogP contribution in [0.3, 0.4) is 0 Å². The van der Waals surface area contributed by atoms with E-state index in [1.54, 1.807) is 28.4 Å². The lowest BCUT2D eigenvalue weighted by atomic mass is 10.2. The maximum atomic E-state index is 12.2. The predicted molar refractivity (Wildman–Crippen MR) is 96.3 cm³/mol. The van der Waals surface area contributed by atoms with Gasteiger partial charge in [-0.2, -0.15) is 11.3 Å². The van der Waals surface area contributed by atoms with Crippen LogP contribution < -0.4 is 5.32 Å². The van der Waals surface area contributed by atoms with Gasteiger partial charge in [0.15, 0.2) is 0 Å². The van der Waals surface area contributed by atoms with E-state index in [0.717, 1.165) is 5.56 Å². The van der Waals surface area contributed by atoms with E-state index in [1.165, 1.54) is 12.1 Å². The number of phenolic OH excluding ortho intramolecular Hbond substituents is 1. The molecule has 1 aromatic carbocycles. The largest absolute Gasteiger partial charge is 0.508 e. The molecule has 0 radical (unpaired) electrons. The van der Waals surface area contributed by atoms with E-state index in [9.17, 15) is 14.7 Å². The van der Waals surface area contributed by atoms with E-state index < -0.39 is 0 Å². The summed E-state index contributed by atoms with van der Waals surface area (Å²) in [5.41, 5.74) is 1.42. The van der Waals surface area contributed by atoms with Crippen molar-refractivity contribution in [3.63, 3.8) is 0 Å². The standard InChI is InChI=1S/C18H20N2O5S/c21-15-3-1-14(2-4-15)17(22)19-9-16-10-20(6-7-24-16)18(23)25-11-13-5-8-26-12-13/h1-5,8,12,16,21H,6-7,9-11H2,(H,19,22). The van der Waals surface area contributed by atoms with Crippen molar-refractivity contribution in [2.24, 2.45) is 0 Å². The van der Waals surface area contributed by atoms with E-state index in [2.05, 4.69) is 5.32 Å². The molecule has 2 amide bonds. The number of phenols is 1. The van der Waals surface area contributed by atoms with Crippen molar-refractivity contribution >= 4 is 23.3 Å². The summed E-state index contributed by atoms with van der Waals surface area (Å²) in [7, 11) is 0. The van der Waals surface area contributed by atoms with Crippen molar-refractivity contribution < 1.29 is 24.2 Å². The molecular formula is C18H20N2O5S. The van der Waals surface area contributed by atoms with Crippen LogP contribution in [0.15, 0.2) is 41.1 Å². The van der Waals surface area contributed by atoms with Crippen LogP contribution in [-0.2, 0) is 16.1 Å². The van der Waals surface area contributed by atoms with Gasteiger partial charge in [-0.15, -0.1) is 0 Å². The fraction of sp³-hybridized carbons (Fsp3) is 0.333. The van der Waals surface area contributed by atoms with Crippen molar-refractivity contribution in [2.45, 2.75) is 12.7 Å². The zero-order valence-electron chi connectivity index (χ0n) is 14.1. The highest BCUT2D eigenvalue weighted by atomic mass is 32.1. The first-order valence-corrected chi connectivity index (χ1v) is 9.17. The van der Waals surface area contributed by atoms with E-state index in [0.29, 0.717) is 25.3 Å². The van der Waals surface area contributed by atoms with E-state index in [4.69, 9.17) is 9.47 Å². The third-order valence-corrected chi connectivity index (χ3v) is 4.69. The third kappa shape index (κ3) is 4.96. The Morgan fingerprint density at radius 1 is 1.31 bits per heavy atom. The number of hydrogen-bond donors (Lipinski definition) is 2. The number of benzene rings is 1. The van der Waals surface area contributed by atoms with Crippen molar-refractivity contribution in [3.05, 3.63) is 52.2 Å². The summed E-state index contributed by atoms with van der Waals surface area (Å²) in [4.78, 5) is 25.9. The molecule has 2 heterocycles. The number of aromatic hydroxyl groups is 1. The Bertz CT molecular complexity index is 733. The molecule has 1 unspecified atom stereocenters. The van der Waals surface area contributed by atoms with E-state index in [-0.39, 0.29) is 37.0 Å². The molecule has 0 saturated carbocycles. The minimum atomic E-state index is -0.380. The normalized spacial score (nSPS) is 16.9. The van der Waals surface area contributed by atoms with Gasteiger partial charge in [0.1, 0.15) is 12.4 Å². The number of carbonyl (C=O) groups excluding carboxylic acids is 2. The number of ether oxygens (including phenoxy) is 2. The van der Waals surface area contributed by atoms with E-state index in [1.807, 2.05) is 16.8 Å². The maximum Gasteiger partial charge on any atom is 0.410 e. The van der Waals surface area contributed by atoms with Crippen LogP contribution in [0.25, 0.3) is 0 Å². The zero-order valence-corrected chi connectivity index (χ0v) is 14.9. The Labute approximate surface area is 155 Å². The highest BCUT2D eigenvalue weighted by Crippen LogP contribution is 2.12. The third-order valence-electron chi connectivity index (χ3n) is 3.96. The van der Waals surface area contributed by atoms with Gasteiger partial charge in [-0.05, 0) is 41.1 Å². The van der Waals surface area contributed by atoms with Crippen LogP contribution in [0.2, 0.25) is 0 Å². The van der Waals surface area contributed by atoms with Crippen molar-refractivity contribution in [1.82, 2.24) is 10.2 Å². The Morgan fingerprint density at radius 2 is 2.12 bits per heavy atom. The van der Waals surface area contributed by atoms with Gasteiger partial charge in [-0.1, -0.05) is 0 Å². The second kappa shape index (κ2) is 8.68. The van der Waals surface area contributed by atoms with Gasteiger partial charge >= 0.3 is 6.09 Å². The van der Waals surface area contributed by atoms with Crippen molar-refractivity contribution in [3.8, 4) is 5.75 Å². The second-order valence-electron chi connectivity index (χ2n) is 5.88. The highest BCUT2D eigenvalue weighted by molar-refractivity contribution is 7.07. The fourth-order valence-electron chi connectivity index (χ4n) is 2.54. The van der Waals surface area contributed by atoms with Gasteiger partial charge in [0.05, 0.1) is 19.3 Å². The fourth-order valence-corrected chi connectivity index (χ4v) is 3.19. The monoisotopic (exact) mass is 376 g/mol. The summed E-state index contributed by atoms with van der Waals surface area (Å²) < 4.78 is 10.9. The second-order valence-corrected chi connectivity index (χ2v) is 6.66. The maximum absolute atomic E-state index is 12.2. The molecule has 3 rings (SSSR count). The smallest absolute Gasteiger partial charge is 0.410 e. The van der Waals surface area contributed by atoms with Crippen LogP contribution in [0.5, 0.6) is 5.75 Å². The average molecular weight is 376 g/mol. The summed E-state index contributed by atoms with van der Waals surface area (Å²) >= 11 is 1.56. The molecule has 2 N–H and O–H groups in total. The van der Waals surface area contributed by atoms with Crippen LogP contribution in [-0.4, -0.2) is 54.4 Å². The Hall–Kier alpha value is -2.58. The van der Waals surface area contributed by atoms with Gasteiger partial charge in [0.25, 0.3) is 5.91 Å². The Morgan fingerprint density at radius 3 is 2.85 bits per heavy atom. The number of nitrogens with one attached hydrogen (secondary N) is 1. The molecule has 1 atom stereocenters. The summed E-state index contributed by atoms with van der Waals surface area (Å²) in [5, 5.41) is 15.9. The number of hydrogen-bond acceptors (Lipinski definition) is 6. The molecular weight excluding hydrogens is 356 g/mol. The first kappa shape index (κ1) is 18.2. The lowest BCUT2D eigenvalue weighted by molar-refractivity contribution is -0.0263. The Balaban J connectivity index is 1.44. The Kier molecular flexibility index (Phi) is 6.08. The summed E-state index contributed by atoms with van der Waals surface area (Å²) in [6.45, 7) is 1.76. The molecule has 1 aromatic heterocycles. The molecule has 2 aromatic rings. The van der Waals surface area contributed by atoms with E-state index >= 15 is 0 Å². The zero-order chi connectivity index (χ0) is 18.4. The molecule has 1 aliphatic heterocycles. The van der Waals surface area contributed by atoms with Gasteiger partial charge in [-0.3, -0.25) is 4.79 Å². The van der Waals surface area contributed by atoms with Crippen molar-refractivity contribution in [2.75, 3.05) is 26.2 Å². The summed E-state index contributed by atoms with van der Waals surface area (Å²) in [6, 6.07) is 7.91. The predicted octanol–water partition coefficient (Wildman–Crippen LogP) is 2.22. The number of carbonyl (C=O) groups is 2. The van der Waals surface area contributed by atoms with Crippen molar-refractivity contribution in [1.29, 1.82) is 0 Å². The number of thiophene rings is 1. The molecule has 0 bridgehead atoms. The SMILES string of the molecule is O=C(NCC1CN(C(=O)OCc2ccsc2)CCO1)c1ccc(O)cc1. The molecule has 0 aliphatic carbocycles. The molecule has 26 heavy (non-hydrogen) atoms. The first-order valence-electron chi connectivity index (χ1n) is 8.23. The molecule has 0 spiro atoms. The molecule has 8 heteroatoms. The first-order chi connectivity index (χ1) is 12.6. The van der Waals surface area contributed by atoms with Gasteiger partial charge in [-0.25, -0.2) is 4.79 Å². The topological polar surface area (TPSA) is 88.1 Å². The quantitative estimate of drug-likeness (QED) is 0.835. The highest BCUT2D eigenvalue weighted by Gasteiger charge is 2.25. The number of morpholine rings is 1. The average Bonchev–Trinajstić information content (AvgIpc) is 3.18. The van der Waals surface area contributed by atoms with Crippen LogP contribution >= 0.6 is 11.3 Å². The van der Waals surface area contributed by atoms with Gasteiger partial charge in [0, 0.05) is 24.2 Å². The van der Waals surface area contributed by atoms with Gasteiger partial charge < -0.3 is 24.8 Å². The molecule has 1 saturated heterocycles. The van der Waals surface area contributed by atoms with Gasteiger partial charge in [0.2, 0.25) is 0 Å². The van der Waals surface area contributed by atoms with Crippen LogP contribution in [0, 0.1) is 0 Å². The lowest BCUT2D eigenvalue weighted by Gasteiger charge is -2.32. The number of rotatable bonds is 5. The number of amides is 2. The molecule has 138 valence electrons.